The maximum Gasteiger partial charge on any atom is 0.127 e. The van der Waals surface area contributed by atoms with Gasteiger partial charge in [0.2, 0.25) is 0 Å². The first-order chi connectivity index (χ1) is 10.2. The molecule has 3 nitrogen and oxygen atoms in total. The molecule has 0 spiro atoms. The zero-order chi connectivity index (χ0) is 15.2. The van der Waals surface area contributed by atoms with Crippen LogP contribution >= 0.6 is 0 Å². The van der Waals surface area contributed by atoms with E-state index >= 15 is 0 Å². The fraction of sp³-hybridized carbons (Fsp3) is 0.647. The Morgan fingerprint density at radius 1 is 1.38 bits per heavy atom. The summed E-state index contributed by atoms with van der Waals surface area (Å²) in [5.41, 5.74) is 0.727. The Morgan fingerprint density at radius 3 is 2.62 bits per heavy atom. The van der Waals surface area contributed by atoms with Crippen LogP contribution in [0.5, 0.6) is 0 Å². The van der Waals surface area contributed by atoms with Crippen molar-refractivity contribution in [3.8, 4) is 0 Å². The number of benzene rings is 1. The monoisotopic (exact) mass is 294 g/mol. The number of nitrogens with zero attached hydrogens (tertiary/aromatic N) is 1. The van der Waals surface area contributed by atoms with E-state index < -0.39 is 0 Å². The zero-order valence-corrected chi connectivity index (χ0v) is 13.1. The average Bonchev–Trinajstić information content (AvgIpc) is 2.40. The number of aliphatic hydroxyl groups excluding tert-OH is 1. The minimum atomic E-state index is -0.152. The lowest BCUT2D eigenvalue weighted by Gasteiger charge is -2.40. The highest BCUT2D eigenvalue weighted by molar-refractivity contribution is 5.21. The van der Waals surface area contributed by atoms with Gasteiger partial charge in [-0.3, -0.25) is 4.90 Å². The highest BCUT2D eigenvalue weighted by Gasteiger charge is 2.28. The van der Waals surface area contributed by atoms with Crippen molar-refractivity contribution in [2.75, 3.05) is 26.7 Å². The summed E-state index contributed by atoms with van der Waals surface area (Å²) in [5.74, 6) is 0.125. The van der Waals surface area contributed by atoms with Crippen molar-refractivity contribution in [1.82, 2.24) is 10.2 Å². The minimum absolute atomic E-state index is 0.00697. The summed E-state index contributed by atoms with van der Waals surface area (Å²) in [6.45, 7) is 3.93. The summed E-state index contributed by atoms with van der Waals surface area (Å²) in [4.78, 5) is 2.36. The fourth-order valence-electron chi connectivity index (χ4n) is 3.25. The van der Waals surface area contributed by atoms with Crippen molar-refractivity contribution in [3.05, 3.63) is 35.6 Å². The van der Waals surface area contributed by atoms with Crippen LogP contribution in [0.2, 0.25) is 0 Å². The van der Waals surface area contributed by atoms with Crippen molar-refractivity contribution < 1.29 is 9.50 Å². The molecule has 0 saturated heterocycles. The lowest BCUT2D eigenvalue weighted by atomic mass is 9.88. The summed E-state index contributed by atoms with van der Waals surface area (Å²) in [6, 6.07) is 7.57. The van der Waals surface area contributed by atoms with E-state index in [9.17, 15) is 9.50 Å². The predicted molar refractivity (Wildman–Crippen MR) is 83.7 cm³/mol. The highest BCUT2D eigenvalue weighted by Crippen LogP contribution is 2.29. The molecule has 1 aliphatic rings. The van der Waals surface area contributed by atoms with E-state index in [4.69, 9.17) is 0 Å². The molecule has 21 heavy (non-hydrogen) atoms. The minimum Gasteiger partial charge on any atom is -0.395 e. The second-order valence-electron chi connectivity index (χ2n) is 6.07. The molecule has 0 radical (unpaired) electrons. The van der Waals surface area contributed by atoms with Gasteiger partial charge >= 0.3 is 0 Å². The van der Waals surface area contributed by atoms with Crippen molar-refractivity contribution in [3.63, 3.8) is 0 Å². The molecular formula is C17H27FN2O. The molecule has 1 fully saturated rings. The van der Waals surface area contributed by atoms with Crippen LogP contribution in [0.15, 0.2) is 24.3 Å². The molecule has 4 heteroatoms. The number of rotatable bonds is 8. The Labute approximate surface area is 127 Å². The van der Waals surface area contributed by atoms with Gasteiger partial charge in [-0.25, -0.2) is 4.39 Å². The number of halogens is 1. The molecule has 0 amide bonds. The van der Waals surface area contributed by atoms with E-state index in [-0.39, 0.29) is 24.4 Å². The molecule has 118 valence electrons. The molecule has 2 N–H and O–H groups in total. The maximum atomic E-state index is 14.0. The summed E-state index contributed by atoms with van der Waals surface area (Å²) in [5, 5.41) is 12.5. The summed E-state index contributed by atoms with van der Waals surface area (Å²) in [7, 11) is 1.88. The molecule has 0 aromatic heterocycles. The van der Waals surface area contributed by atoms with Gasteiger partial charge in [-0.2, -0.15) is 0 Å². The number of aliphatic hydroxyl groups is 1. The van der Waals surface area contributed by atoms with Gasteiger partial charge in [0.1, 0.15) is 5.82 Å². The number of hydrogen-bond acceptors (Lipinski definition) is 3. The van der Waals surface area contributed by atoms with E-state index in [0.717, 1.165) is 12.1 Å². The van der Waals surface area contributed by atoms with Crippen LogP contribution in [-0.2, 0) is 0 Å². The molecule has 0 bridgehead atoms. The molecule has 1 saturated carbocycles. The van der Waals surface area contributed by atoms with Gasteiger partial charge in [0, 0.05) is 30.7 Å². The smallest absolute Gasteiger partial charge is 0.127 e. The lowest BCUT2D eigenvalue weighted by Crippen LogP contribution is -2.45. The number of nitrogens with one attached hydrogen (secondary N) is 1. The second-order valence-corrected chi connectivity index (χ2v) is 6.07. The van der Waals surface area contributed by atoms with Crippen LogP contribution in [0.1, 0.15) is 37.8 Å². The third-order valence-corrected chi connectivity index (χ3v) is 4.62. The van der Waals surface area contributed by atoms with E-state index in [1.165, 1.54) is 25.3 Å². The van der Waals surface area contributed by atoms with Crippen molar-refractivity contribution in [1.29, 1.82) is 0 Å². The third kappa shape index (κ3) is 4.02. The van der Waals surface area contributed by atoms with Crippen LogP contribution in [0, 0.1) is 11.7 Å². The Morgan fingerprint density at radius 2 is 2.10 bits per heavy atom. The molecule has 0 heterocycles. The first kappa shape index (κ1) is 16.4. The first-order valence-electron chi connectivity index (χ1n) is 7.94. The third-order valence-electron chi connectivity index (χ3n) is 4.62. The van der Waals surface area contributed by atoms with Crippen LogP contribution in [-0.4, -0.2) is 42.8 Å². The van der Waals surface area contributed by atoms with Crippen LogP contribution in [0.3, 0.4) is 0 Å². The first-order valence-corrected chi connectivity index (χ1v) is 7.94. The van der Waals surface area contributed by atoms with Gasteiger partial charge in [0.15, 0.2) is 0 Å². The molecule has 1 aromatic rings. The molecule has 0 aliphatic heterocycles. The second kappa shape index (κ2) is 7.87. The standard InChI is InChI=1S/C17H27FN2O/c1-13(12-20(10-11-21)14-6-5-7-14)17(19-2)15-8-3-4-9-16(15)18/h3-4,8-9,13-14,17,19,21H,5-7,10-12H2,1-2H3. The zero-order valence-electron chi connectivity index (χ0n) is 13.1. The van der Waals surface area contributed by atoms with E-state index in [1.807, 2.05) is 19.2 Å². The van der Waals surface area contributed by atoms with E-state index in [2.05, 4.69) is 17.1 Å². The quantitative estimate of drug-likeness (QED) is 0.773. The topological polar surface area (TPSA) is 35.5 Å². The van der Waals surface area contributed by atoms with Crippen LogP contribution < -0.4 is 5.32 Å². The van der Waals surface area contributed by atoms with Gasteiger partial charge < -0.3 is 10.4 Å². The highest BCUT2D eigenvalue weighted by atomic mass is 19.1. The normalized spacial score (nSPS) is 18.5. The largest absolute Gasteiger partial charge is 0.395 e. The van der Waals surface area contributed by atoms with E-state index in [0.29, 0.717) is 12.6 Å². The van der Waals surface area contributed by atoms with Gasteiger partial charge in [0.05, 0.1) is 6.61 Å². The van der Waals surface area contributed by atoms with Crippen molar-refractivity contribution >= 4 is 0 Å². The Hall–Kier alpha value is -0.970. The Balaban J connectivity index is 2.05. The SMILES string of the molecule is CNC(c1ccccc1F)C(C)CN(CCO)C1CCC1. The molecule has 2 rings (SSSR count). The molecule has 2 atom stereocenters. The number of hydrogen-bond donors (Lipinski definition) is 2. The molecule has 2 unspecified atom stereocenters. The van der Waals surface area contributed by atoms with Gasteiger partial charge in [-0.05, 0) is 31.9 Å². The van der Waals surface area contributed by atoms with E-state index in [1.54, 1.807) is 6.07 Å². The van der Waals surface area contributed by atoms with Crippen molar-refractivity contribution in [2.45, 2.75) is 38.3 Å². The average molecular weight is 294 g/mol. The summed E-state index contributed by atoms with van der Waals surface area (Å²) >= 11 is 0. The maximum absolute atomic E-state index is 14.0. The molecular weight excluding hydrogens is 267 g/mol. The van der Waals surface area contributed by atoms with Gasteiger partial charge in [-0.1, -0.05) is 31.5 Å². The van der Waals surface area contributed by atoms with Crippen molar-refractivity contribution in [2.24, 2.45) is 5.92 Å². The fourth-order valence-corrected chi connectivity index (χ4v) is 3.25. The van der Waals surface area contributed by atoms with Crippen LogP contribution in [0.4, 0.5) is 4.39 Å². The lowest BCUT2D eigenvalue weighted by molar-refractivity contribution is 0.0809. The molecule has 1 aliphatic carbocycles. The Kier molecular flexibility index (Phi) is 6.15. The summed E-state index contributed by atoms with van der Waals surface area (Å²) in [6.07, 6.45) is 3.72. The molecule has 1 aromatic carbocycles. The predicted octanol–water partition coefficient (Wildman–Crippen LogP) is 2.57. The van der Waals surface area contributed by atoms with Crippen LogP contribution in [0.25, 0.3) is 0 Å². The van der Waals surface area contributed by atoms with Gasteiger partial charge in [-0.15, -0.1) is 0 Å². The Bertz CT molecular complexity index is 437. The van der Waals surface area contributed by atoms with Gasteiger partial charge in [0.25, 0.3) is 0 Å². The summed E-state index contributed by atoms with van der Waals surface area (Å²) < 4.78 is 14.0.